The normalized spacial score (nSPS) is 17.4. The second kappa shape index (κ2) is 13.8. The number of hydrogen-bond acceptors (Lipinski definition) is 7. The summed E-state index contributed by atoms with van der Waals surface area (Å²) in [7, 11) is 1.36. The predicted molar refractivity (Wildman–Crippen MR) is 139 cm³/mol. The van der Waals surface area contributed by atoms with Crippen LogP contribution in [0.4, 0.5) is 4.39 Å². The van der Waals surface area contributed by atoms with E-state index in [4.69, 9.17) is 14.2 Å². The zero-order valence-electron chi connectivity index (χ0n) is 21.1. The summed E-state index contributed by atoms with van der Waals surface area (Å²) in [5.74, 6) is 0.497. The van der Waals surface area contributed by atoms with Gasteiger partial charge in [-0.3, -0.25) is 0 Å². The number of piperidine rings is 1. The van der Waals surface area contributed by atoms with Gasteiger partial charge in [-0.2, -0.15) is 0 Å². The lowest BCUT2D eigenvalue weighted by atomic mass is 9.86. The molecule has 37 heavy (non-hydrogen) atoms. The first-order valence-electron chi connectivity index (χ1n) is 12.7. The first-order valence-corrected chi connectivity index (χ1v) is 12.7. The molecule has 0 amide bonds. The van der Waals surface area contributed by atoms with Gasteiger partial charge in [0.25, 0.3) is 0 Å². The van der Waals surface area contributed by atoms with E-state index in [1.165, 1.54) is 18.7 Å². The number of benzene rings is 2. The summed E-state index contributed by atoms with van der Waals surface area (Å²) in [6.45, 7) is 3.68. The van der Waals surface area contributed by atoms with E-state index in [9.17, 15) is 9.18 Å². The number of hydrogen-bond donors (Lipinski definition) is 2. The van der Waals surface area contributed by atoms with Crippen LogP contribution in [0.2, 0.25) is 0 Å². The van der Waals surface area contributed by atoms with E-state index in [0.717, 1.165) is 37.4 Å². The zero-order chi connectivity index (χ0) is 25.9. The highest BCUT2D eigenvalue weighted by atomic mass is 19.1. The van der Waals surface area contributed by atoms with Gasteiger partial charge < -0.3 is 24.8 Å². The molecule has 0 radical (unpaired) electrons. The Morgan fingerprint density at radius 3 is 2.73 bits per heavy atom. The molecule has 2 N–H and O–H groups in total. The summed E-state index contributed by atoms with van der Waals surface area (Å²) in [4.78, 5) is 16.2. The van der Waals surface area contributed by atoms with Crippen LogP contribution in [0.15, 0.2) is 66.7 Å². The third kappa shape index (κ3) is 7.82. The van der Waals surface area contributed by atoms with E-state index in [1.54, 1.807) is 24.3 Å². The number of halogens is 1. The van der Waals surface area contributed by atoms with Crippen molar-refractivity contribution >= 4 is 5.97 Å². The lowest BCUT2D eigenvalue weighted by molar-refractivity contribution is 0.0593. The van der Waals surface area contributed by atoms with Crippen molar-refractivity contribution in [1.29, 1.82) is 0 Å². The number of rotatable bonds is 12. The summed E-state index contributed by atoms with van der Waals surface area (Å²) < 4.78 is 29.8. The van der Waals surface area contributed by atoms with Gasteiger partial charge >= 0.3 is 5.97 Å². The Bertz CT molecular complexity index is 1140. The largest absolute Gasteiger partial charge is 0.494 e. The smallest absolute Gasteiger partial charge is 0.356 e. The van der Waals surface area contributed by atoms with E-state index in [1.807, 2.05) is 24.3 Å². The number of carbonyl (C=O) groups is 1. The fraction of sp³-hybridized carbons (Fsp3) is 0.379. The molecule has 8 heteroatoms. The van der Waals surface area contributed by atoms with Gasteiger partial charge in [-0.05, 0) is 48.9 Å². The van der Waals surface area contributed by atoms with Crippen molar-refractivity contribution in [2.75, 3.05) is 33.4 Å². The quantitative estimate of drug-likeness (QED) is 0.281. The predicted octanol–water partition coefficient (Wildman–Crippen LogP) is 4.23. The van der Waals surface area contributed by atoms with Crippen molar-refractivity contribution in [3.05, 3.63) is 95.1 Å². The van der Waals surface area contributed by atoms with Crippen LogP contribution in [0, 0.1) is 5.82 Å². The van der Waals surface area contributed by atoms with E-state index in [2.05, 4.69) is 27.8 Å². The molecule has 1 fully saturated rings. The fourth-order valence-corrected chi connectivity index (χ4v) is 4.46. The van der Waals surface area contributed by atoms with Gasteiger partial charge in [0.1, 0.15) is 17.3 Å². The van der Waals surface area contributed by atoms with Gasteiger partial charge in [-0.1, -0.05) is 36.4 Å². The Kier molecular flexibility index (Phi) is 9.99. The fourth-order valence-electron chi connectivity index (χ4n) is 4.46. The van der Waals surface area contributed by atoms with Crippen molar-refractivity contribution in [3.8, 4) is 5.75 Å². The van der Waals surface area contributed by atoms with E-state index < -0.39 is 5.97 Å². The minimum absolute atomic E-state index is 0.232. The van der Waals surface area contributed by atoms with E-state index in [0.29, 0.717) is 36.9 Å². The van der Waals surface area contributed by atoms with Gasteiger partial charge in [0, 0.05) is 37.0 Å². The third-order valence-corrected chi connectivity index (χ3v) is 6.45. The maximum Gasteiger partial charge on any atom is 0.356 e. The summed E-state index contributed by atoms with van der Waals surface area (Å²) in [6.07, 6.45) is 1.74. The van der Waals surface area contributed by atoms with Gasteiger partial charge in [0.2, 0.25) is 0 Å². The second-order valence-electron chi connectivity index (χ2n) is 9.01. The van der Waals surface area contributed by atoms with E-state index in [-0.39, 0.29) is 18.5 Å². The topological polar surface area (TPSA) is 81.7 Å². The van der Waals surface area contributed by atoms with Crippen LogP contribution in [0.5, 0.6) is 5.75 Å². The first-order chi connectivity index (χ1) is 18.1. The minimum atomic E-state index is -0.434. The van der Waals surface area contributed by atoms with Crippen LogP contribution >= 0.6 is 0 Å². The Labute approximate surface area is 217 Å². The molecule has 4 rings (SSSR count). The minimum Gasteiger partial charge on any atom is -0.494 e. The zero-order valence-corrected chi connectivity index (χ0v) is 21.1. The molecule has 196 valence electrons. The molecule has 1 aliphatic rings. The second-order valence-corrected chi connectivity index (χ2v) is 9.01. The summed E-state index contributed by atoms with van der Waals surface area (Å²) in [5, 5.41) is 7.07. The monoisotopic (exact) mass is 507 g/mol. The first kappa shape index (κ1) is 26.7. The summed E-state index contributed by atoms with van der Waals surface area (Å²) in [6, 6.07) is 20.5. The highest BCUT2D eigenvalue weighted by molar-refractivity contribution is 5.87. The van der Waals surface area contributed by atoms with Crippen LogP contribution in [-0.4, -0.2) is 50.4 Å². The van der Waals surface area contributed by atoms with Crippen molar-refractivity contribution in [2.45, 2.75) is 38.0 Å². The average Bonchev–Trinajstić information content (AvgIpc) is 2.95. The molecule has 0 aliphatic carbocycles. The van der Waals surface area contributed by atoms with Crippen LogP contribution in [0.3, 0.4) is 0 Å². The molecule has 1 saturated heterocycles. The number of pyridine rings is 1. The van der Waals surface area contributed by atoms with E-state index >= 15 is 0 Å². The number of carbonyl (C=O) groups excluding carboxylic acids is 1. The van der Waals surface area contributed by atoms with Crippen molar-refractivity contribution in [1.82, 2.24) is 15.6 Å². The number of esters is 1. The molecule has 2 aromatic carbocycles. The standard InChI is InChI=1S/C29H34FN3O4/c1-35-29(34)27-9-4-7-23(33-27)18-32-28-19-31-15-14-25(28)21-10-12-24(13-11-21)37-17-5-16-36-20-22-6-2-3-8-26(22)30/h2-4,6-13,25,28,31-32H,5,14-20H2,1H3/t25-,28-/m1/s1. The molecule has 2 heterocycles. The Balaban J connectivity index is 1.23. The molecular formula is C29H34FN3O4. The third-order valence-electron chi connectivity index (χ3n) is 6.45. The number of ether oxygens (including phenoxy) is 3. The Morgan fingerprint density at radius 1 is 1.08 bits per heavy atom. The van der Waals surface area contributed by atoms with Crippen molar-refractivity contribution in [3.63, 3.8) is 0 Å². The number of nitrogens with one attached hydrogen (secondary N) is 2. The van der Waals surface area contributed by atoms with Crippen LogP contribution < -0.4 is 15.4 Å². The van der Waals surface area contributed by atoms with Crippen LogP contribution in [-0.2, 0) is 22.6 Å². The maximum atomic E-state index is 13.6. The SMILES string of the molecule is COC(=O)c1cccc(CN[C@@H]2CNCC[C@@H]2c2ccc(OCCCOCc3ccccc3F)cc2)n1. The molecule has 7 nitrogen and oxygen atoms in total. The lowest BCUT2D eigenvalue weighted by Gasteiger charge is -2.33. The van der Waals surface area contributed by atoms with Gasteiger partial charge in [0.05, 0.1) is 32.6 Å². The molecule has 3 aromatic rings. The number of nitrogens with zero attached hydrogens (tertiary/aromatic N) is 1. The van der Waals surface area contributed by atoms with Crippen molar-refractivity contribution < 1.29 is 23.4 Å². The number of aromatic nitrogens is 1. The molecule has 1 aromatic heterocycles. The Hall–Kier alpha value is -3.33. The van der Waals surface area contributed by atoms with Crippen LogP contribution in [0.1, 0.15) is 46.1 Å². The molecule has 2 atom stereocenters. The van der Waals surface area contributed by atoms with Gasteiger partial charge in [0.15, 0.2) is 0 Å². The molecular weight excluding hydrogens is 473 g/mol. The average molecular weight is 508 g/mol. The van der Waals surface area contributed by atoms with Crippen LogP contribution in [0.25, 0.3) is 0 Å². The maximum absolute atomic E-state index is 13.6. The summed E-state index contributed by atoms with van der Waals surface area (Å²) >= 11 is 0. The molecule has 1 aliphatic heterocycles. The lowest BCUT2D eigenvalue weighted by Crippen LogP contribution is -2.47. The molecule has 0 bridgehead atoms. The number of methoxy groups -OCH3 is 1. The molecule has 0 unspecified atom stereocenters. The Morgan fingerprint density at radius 2 is 1.92 bits per heavy atom. The summed E-state index contributed by atoms with van der Waals surface area (Å²) in [5.41, 5.74) is 2.94. The highest BCUT2D eigenvalue weighted by Gasteiger charge is 2.26. The van der Waals surface area contributed by atoms with Crippen molar-refractivity contribution in [2.24, 2.45) is 0 Å². The molecule has 0 saturated carbocycles. The van der Waals surface area contributed by atoms with Gasteiger partial charge in [-0.25, -0.2) is 14.2 Å². The highest BCUT2D eigenvalue weighted by Crippen LogP contribution is 2.27. The molecule has 0 spiro atoms. The van der Waals surface area contributed by atoms with Gasteiger partial charge in [-0.15, -0.1) is 0 Å².